The van der Waals surface area contributed by atoms with E-state index >= 15 is 0 Å². The van der Waals surface area contributed by atoms with Crippen LogP contribution in [0.2, 0.25) is 0 Å². The van der Waals surface area contributed by atoms with Crippen molar-refractivity contribution in [2.24, 2.45) is 0 Å². The van der Waals surface area contributed by atoms with Gasteiger partial charge in [0.25, 0.3) is 0 Å². The van der Waals surface area contributed by atoms with E-state index in [1.165, 1.54) is 11.1 Å². The summed E-state index contributed by atoms with van der Waals surface area (Å²) in [6.45, 7) is 2.19. The second-order valence-electron chi connectivity index (χ2n) is 5.09. The van der Waals surface area contributed by atoms with Crippen molar-refractivity contribution in [2.75, 3.05) is 6.61 Å². The van der Waals surface area contributed by atoms with Crippen molar-refractivity contribution >= 4 is 5.97 Å². The maximum Gasteiger partial charge on any atom is 0.347 e. The first kappa shape index (κ1) is 13.7. The lowest BCUT2D eigenvalue weighted by Crippen LogP contribution is -2.32. The Balaban J connectivity index is 1.81. The molecule has 0 unspecified atom stereocenters. The highest BCUT2D eigenvalue weighted by atomic mass is 16.6. The predicted octanol–water partition coefficient (Wildman–Crippen LogP) is 3.61. The maximum absolute atomic E-state index is 11.7. The molecule has 1 aliphatic heterocycles. The SMILES string of the molecule is CCOC(=O)[C@H]1CCc2cc(-c3ccccc3)ccc2O1. The summed E-state index contributed by atoms with van der Waals surface area (Å²) in [5.41, 5.74) is 3.51. The molecule has 0 aliphatic carbocycles. The third-order valence-corrected chi connectivity index (χ3v) is 3.66. The van der Waals surface area contributed by atoms with Crippen molar-refractivity contribution in [3.63, 3.8) is 0 Å². The van der Waals surface area contributed by atoms with E-state index in [9.17, 15) is 4.79 Å². The zero-order valence-electron chi connectivity index (χ0n) is 12.0. The lowest BCUT2D eigenvalue weighted by Gasteiger charge is -2.25. The molecule has 3 rings (SSSR count). The van der Waals surface area contributed by atoms with E-state index in [-0.39, 0.29) is 5.97 Å². The molecule has 0 amide bonds. The molecule has 0 spiro atoms. The Morgan fingerprint density at radius 2 is 2.00 bits per heavy atom. The summed E-state index contributed by atoms with van der Waals surface area (Å²) in [6, 6.07) is 16.4. The van der Waals surface area contributed by atoms with Gasteiger partial charge in [-0.15, -0.1) is 0 Å². The minimum Gasteiger partial charge on any atom is -0.478 e. The molecule has 3 nitrogen and oxygen atoms in total. The van der Waals surface area contributed by atoms with E-state index in [1.54, 1.807) is 6.92 Å². The van der Waals surface area contributed by atoms with Gasteiger partial charge in [0.05, 0.1) is 6.61 Å². The topological polar surface area (TPSA) is 35.5 Å². The number of benzene rings is 2. The normalized spacial score (nSPS) is 16.7. The Labute approximate surface area is 124 Å². The summed E-state index contributed by atoms with van der Waals surface area (Å²) in [4.78, 5) is 11.7. The lowest BCUT2D eigenvalue weighted by molar-refractivity contribution is -0.152. The Morgan fingerprint density at radius 3 is 2.76 bits per heavy atom. The van der Waals surface area contributed by atoms with Crippen molar-refractivity contribution in [1.29, 1.82) is 0 Å². The fourth-order valence-corrected chi connectivity index (χ4v) is 2.60. The second kappa shape index (κ2) is 6.00. The summed E-state index contributed by atoms with van der Waals surface area (Å²) >= 11 is 0. The monoisotopic (exact) mass is 282 g/mol. The fourth-order valence-electron chi connectivity index (χ4n) is 2.60. The van der Waals surface area contributed by atoms with Crippen LogP contribution in [-0.4, -0.2) is 18.7 Å². The van der Waals surface area contributed by atoms with Gasteiger partial charge in [-0.25, -0.2) is 4.79 Å². The summed E-state index contributed by atoms with van der Waals surface area (Å²) in [7, 11) is 0. The molecular formula is C18H18O3. The number of carbonyl (C=O) groups is 1. The van der Waals surface area contributed by atoms with Crippen LogP contribution in [0.4, 0.5) is 0 Å². The minimum absolute atomic E-state index is 0.268. The molecule has 0 aromatic heterocycles. The molecule has 21 heavy (non-hydrogen) atoms. The highest BCUT2D eigenvalue weighted by Gasteiger charge is 2.27. The van der Waals surface area contributed by atoms with Crippen LogP contribution in [0.15, 0.2) is 48.5 Å². The summed E-state index contributed by atoms with van der Waals surface area (Å²) in [5, 5.41) is 0. The quantitative estimate of drug-likeness (QED) is 0.807. The van der Waals surface area contributed by atoms with Crippen molar-refractivity contribution < 1.29 is 14.3 Å². The number of carbonyl (C=O) groups excluding carboxylic acids is 1. The smallest absolute Gasteiger partial charge is 0.347 e. The number of rotatable bonds is 3. The van der Waals surface area contributed by atoms with Crippen molar-refractivity contribution in [3.8, 4) is 16.9 Å². The third-order valence-electron chi connectivity index (χ3n) is 3.66. The fraction of sp³-hybridized carbons (Fsp3) is 0.278. The minimum atomic E-state index is -0.472. The Morgan fingerprint density at radius 1 is 1.19 bits per heavy atom. The Kier molecular flexibility index (Phi) is 3.91. The van der Waals surface area contributed by atoms with Crippen LogP contribution in [0.25, 0.3) is 11.1 Å². The second-order valence-corrected chi connectivity index (χ2v) is 5.09. The van der Waals surface area contributed by atoms with E-state index in [0.29, 0.717) is 13.0 Å². The Bertz CT molecular complexity index is 634. The van der Waals surface area contributed by atoms with Gasteiger partial charge in [-0.2, -0.15) is 0 Å². The van der Waals surface area contributed by atoms with E-state index in [0.717, 1.165) is 17.7 Å². The molecule has 2 aromatic rings. The summed E-state index contributed by atoms with van der Waals surface area (Å²) < 4.78 is 10.8. The van der Waals surface area contributed by atoms with E-state index in [1.807, 2.05) is 30.3 Å². The molecule has 0 radical (unpaired) electrons. The van der Waals surface area contributed by atoms with Gasteiger partial charge in [0, 0.05) is 0 Å². The maximum atomic E-state index is 11.7. The number of aryl methyl sites for hydroxylation is 1. The van der Waals surface area contributed by atoms with Crippen LogP contribution in [0.1, 0.15) is 18.9 Å². The van der Waals surface area contributed by atoms with Gasteiger partial charge in [-0.1, -0.05) is 36.4 Å². The molecule has 108 valence electrons. The first-order valence-electron chi connectivity index (χ1n) is 7.29. The number of fused-ring (bicyclic) bond motifs is 1. The number of esters is 1. The average Bonchev–Trinajstić information content (AvgIpc) is 2.55. The van der Waals surface area contributed by atoms with Gasteiger partial charge in [0.1, 0.15) is 5.75 Å². The number of hydrogen-bond acceptors (Lipinski definition) is 3. The predicted molar refractivity (Wildman–Crippen MR) is 81.2 cm³/mol. The van der Waals surface area contributed by atoms with Gasteiger partial charge in [0.2, 0.25) is 0 Å². The first-order valence-corrected chi connectivity index (χ1v) is 7.29. The molecule has 0 saturated carbocycles. The molecule has 1 atom stereocenters. The average molecular weight is 282 g/mol. The molecule has 1 aliphatic rings. The number of hydrogen-bond donors (Lipinski definition) is 0. The zero-order chi connectivity index (χ0) is 14.7. The summed E-state index contributed by atoms with van der Waals surface area (Å²) in [6.07, 6.45) is 1.03. The Hall–Kier alpha value is -2.29. The molecule has 3 heteroatoms. The largest absolute Gasteiger partial charge is 0.478 e. The van der Waals surface area contributed by atoms with Gasteiger partial charge in [0.15, 0.2) is 6.10 Å². The zero-order valence-corrected chi connectivity index (χ0v) is 12.0. The molecular weight excluding hydrogens is 264 g/mol. The van der Waals surface area contributed by atoms with Crippen LogP contribution in [0.5, 0.6) is 5.75 Å². The number of ether oxygens (including phenoxy) is 2. The van der Waals surface area contributed by atoms with Gasteiger partial charge < -0.3 is 9.47 Å². The van der Waals surface area contributed by atoms with E-state index in [2.05, 4.69) is 18.2 Å². The van der Waals surface area contributed by atoms with Crippen LogP contribution < -0.4 is 4.74 Å². The molecule has 0 saturated heterocycles. The molecule has 2 aromatic carbocycles. The van der Waals surface area contributed by atoms with Crippen LogP contribution in [-0.2, 0) is 16.0 Å². The highest BCUT2D eigenvalue weighted by molar-refractivity contribution is 5.76. The third kappa shape index (κ3) is 2.92. The standard InChI is InChI=1S/C18H18O3/c1-2-20-18(19)17-11-9-15-12-14(8-10-16(15)21-17)13-6-4-3-5-7-13/h3-8,10,12,17H,2,9,11H2,1H3/t17-/m1/s1. The first-order chi connectivity index (χ1) is 10.3. The molecule has 0 fully saturated rings. The van der Waals surface area contributed by atoms with Crippen LogP contribution in [0, 0.1) is 0 Å². The molecule has 0 N–H and O–H groups in total. The summed E-state index contributed by atoms with van der Waals surface area (Å²) in [5.74, 6) is 0.522. The van der Waals surface area contributed by atoms with Gasteiger partial charge in [-0.05, 0) is 48.6 Å². The highest BCUT2D eigenvalue weighted by Crippen LogP contribution is 2.32. The van der Waals surface area contributed by atoms with E-state index in [4.69, 9.17) is 9.47 Å². The van der Waals surface area contributed by atoms with Gasteiger partial charge in [-0.3, -0.25) is 0 Å². The van der Waals surface area contributed by atoms with E-state index < -0.39 is 6.10 Å². The van der Waals surface area contributed by atoms with Gasteiger partial charge >= 0.3 is 5.97 Å². The van der Waals surface area contributed by atoms with Crippen LogP contribution >= 0.6 is 0 Å². The van der Waals surface area contributed by atoms with Crippen molar-refractivity contribution in [1.82, 2.24) is 0 Å². The van der Waals surface area contributed by atoms with Crippen molar-refractivity contribution in [2.45, 2.75) is 25.9 Å². The van der Waals surface area contributed by atoms with Crippen molar-refractivity contribution in [3.05, 3.63) is 54.1 Å². The molecule has 1 heterocycles. The molecule has 0 bridgehead atoms. The van der Waals surface area contributed by atoms with Crippen LogP contribution in [0.3, 0.4) is 0 Å². The lowest BCUT2D eigenvalue weighted by atomic mass is 9.97.